The van der Waals surface area contributed by atoms with Gasteiger partial charge in [-0.05, 0) is 51.3 Å². The molecule has 26 heavy (non-hydrogen) atoms. The SMILES string of the molecule is COc1cc(/C=C/c2ccccc2)ccc1OC(=O)c1ccccc1Br. The van der Waals surface area contributed by atoms with Crippen molar-refractivity contribution in [3.05, 3.63) is 94.0 Å². The fraction of sp³-hybridized carbons (Fsp3) is 0.0455. The number of hydrogen-bond donors (Lipinski definition) is 0. The van der Waals surface area contributed by atoms with Crippen LogP contribution in [-0.2, 0) is 0 Å². The fourth-order valence-corrected chi connectivity index (χ4v) is 2.86. The summed E-state index contributed by atoms with van der Waals surface area (Å²) in [4.78, 5) is 12.4. The molecule has 0 saturated carbocycles. The number of esters is 1. The van der Waals surface area contributed by atoms with Gasteiger partial charge in [0.15, 0.2) is 11.5 Å². The van der Waals surface area contributed by atoms with Crippen LogP contribution >= 0.6 is 15.9 Å². The first-order valence-corrected chi connectivity index (χ1v) is 8.84. The Bertz CT molecular complexity index is 933. The Hall–Kier alpha value is -2.85. The molecule has 4 heteroatoms. The summed E-state index contributed by atoms with van der Waals surface area (Å²) in [6, 6.07) is 22.6. The summed E-state index contributed by atoms with van der Waals surface area (Å²) in [5.74, 6) is 0.439. The molecule has 3 nitrogen and oxygen atoms in total. The molecule has 0 bridgehead atoms. The third kappa shape index (κ3) is 4.41. The molecule has 0 aliphatic rings. The molecule has 0 aliphatic heterocycles. The Labute approximate surface area is 161 Å². The number of benzene rings is 3. The van der Waals surface area contributed by atoms with Crippen LogP contribution in [0.5, 0.6) is 11.5 Å². The van der Waals surface area contributed by atoms with Gasteiger partial charge in [-0.3, -0.25) is 0 Å². The van der Waals surface area contributed by atoms with Crippen molar-refractivity contribution < 1.29 is 14.3 Å². The van der Waals surface area contributed by atoms with Gasteiger partial charge in [0.1, 0.15) is 0 Å². The lowest BCUT2D eigenvalue weighted by Crippen LogP contribution is -2.10. The van der Waals surface area contributed by atoms with Crippen molar-refractivity contribution in [2.24, 2.45) is 0 Å². The summed E-state index contributed by atoms with van der Waals surface area (Å²) in [6.45, 7) is 0. The zero-order chi connectivity index (χ0) is 18.4. The maximum atomic E-state index is 12.4. The third-order valence-electron chi connectivity index (χ3n) is 3.75. The van der Waals surface area contributed by atoms with Gasteiger partial charge in [0.05, 0.1) is 12.7 Å². The van der Waals surface area contributed by atoms with Crippen molar-refractivity contribution in [2.75, 3.05) is 7.11 Å². The zero-order valence-corrected chi connectivity index (χ0v) is 15.8. The van der Waals surface area contributed by atoms with Crippen LogP contribution in [0.2, 0.25) is 0 Å². The average Bonchev–Trinajstić information content (AvgIpc) is 2.68. The highest BCUT2D eigenvalue weighted by Gasteiger charge is 2.14. The Morgan fingerprint density at radius 3 is 2.27 bits per heavy atom. The molecule has 0 fully saturated rings. The first kappa shape index (κ1) is 18.0. The molecule has 0 radical (unpaired) electrons. The monoisotopic (exact) mass is 408 g/mol. The molecule has 0 saturated heterocycles. The molecule has 130 valence electrons. The molecule has 0 unspecified atom stereocenters. The summed E-state index contributed by atoms with van der Waals surface area (Å²) in [5.41, 5.74) is 2.52. The van der Waals surface area contributed by atoms with Gasteiger partial charge in [-0.25, -0.2) is 4.79 Å². The molecule has 0 amide bonds. The smallest absolute Gasteiger partial charge is 0.344 e. The van der Waals surface area contributed by atoms with E-state index in [2.05, 4.69) is 15.9 Å². The van der Waals surface area contributed by atoms with Gasteiger partial charge in [0, 0.05) is 4.47 Å². The van der Waals surface area contributed by atoms with E-state index < -0.39 is 5.97 Å². The van der Waals surface area contributed by atoms with Crippen molar-refractivity contribution in [1.82, 2.24) is 0 Å². The van der Waals surface area contributed by atoms with Crippen molar-refractivity contribution in [3.63, 3.8) is 0 Å². The number of methoxy groups -OCH3 is 1. The van der Waals surface area contributed by atoms with Gasteiger partial charge >= 0.3 is 5.97 Å². The van der Waals surface area contributed by atoms with Crippen LogP contribution in [0.1, 0.15) is 21.5 Å². The fourth-order valence-electron chi connectivity index (χ4n) is 2.41. The van der Waals surface area contributed by atoms with Gasteiger partial charge in [0.25, 0.3) is 0 Å². The van der Waals surface area contributed by atoms with Gasteiger partial charge in [-0.15, -0.1) is 0 Å². The Morgan fingerprint density at radius 2 is 1.54 bits per heavy atom. The van der Waals surface area contributed by atoms with Crippen molar-refractivity contribution in [3.8, 4) is 11.5 Å². The van der Waals surface area contributed by atoms with E-state index in [9.17, 15) is 4.79 Å². The number of halogens is 1. The van der Waals surface area contributed by atoms with E-state index in [0.717, 1.165) is 11.1 Å². The summed E-state index contributed by atoms with van der Waals surface area (Å²) in [7, 11) is 1.55. The number of ether oxygens (including phenoxy) is 2. The quantitative estimate of drug-likeness (QED) is 0.301. The number of carbonyl (C=O) groups is 1. The van der Waals surface area contributed by atoms with E-state index in [1.165, 1.54) is 0 Å². The van der Waals surface area contributed by atoms with Crippen LogP contribution in [0, 0.1) is 0 Å². The summed E-state index contributed by atoms with van der Waals surface area (Å²) in [5, 5.41) is 0. The van der Waals surface area contributed by atoms with Crippen LogP contribution in [0.15, 0.2) is 77.3 Å². The van der Waals surface area contributed by atoms with Crippen LogP contribution in [-0.4, -0.2) is 13.1 Å². The standard InChI is InChI=1S/C22H17BrO3/c1-25-21-15-17(12-11-16-7-3-2-4-8-16)13-14-20(21)26-22(24)18-9-5-6-10-19(18)23/h2-15H,1H3/b12-11+. The van der Waals surface area contributed by atoms with Gasteiger partial charge in [-0.1, -0.05) is 60.7 Å². The molecule has 0 N–H and O–H groups in total. The second-order valence-corrected chi connectivity index (χ2v) is 6.38. The predicted molar refractivity (Wildman–Crippen MR) is 107 cm³/mol. The Morgan fingerprint density at radius 1 is 0.846 bits per heavy atom. The topological polar surface area (TPSA) is 35.5 Å². The van der Waals surface area contributed by atoms with Crippen molar-refractivity contribution in [2.45, 2.75) is 0 Å². The maximum absolute atomic E-state index is 12.4. The van der Waals surface area contributed by atoms with Gasteiger partial charge < -0.3 is 9.47 Å². The zero-order valence-electron chi connectivity index (χ0n) is 14.2. The van der Waals surface area contributed by atoms with E-state index in [0.29, 0.717) is 21.5 Å². The molecule has 0 aromatic heterocycles. The van der Waals surface area contributed by atoms with Crippen LogP contribution in [0.3, 0.4) is 0 Å². The lowest BCUT2D eigenvalue weighted by Gasteiger charge is -2.10. The van der Waals surface area contributed by atoms with E-state index >= 15 is 0 Å². The lowest BCUT2D eigenvalue weighted by atomic mass is 10.1. The first-order chi connectivity index (χ1) is 12.7. The van der Waals surface area contributed by atoms with E-state index in [1.54, 1.807) is 31.4 Å². The van der Waals surface area contributed by atoms with E-state index in [-0.39, 0.29) is 0 Å². The minimum absolute atomic E-state index is 0.380. The number of carbonyl (C=O) groups excluding carboxylic acids is 1. The van der Waals surface area contributed by atoms with E-state index in [4.69, 9.17) is 9.47 Å². The molecular formula is C22H17BrO3. The minimum atomic E-state index is -0.441. The molecule has 3 aromatic rings. The molecule has 0 atom stereocenters. The molecule has 0 spiro atoms. The highest BCUT2D eigenvalue weighted by atomic mass is 79.9. The number of rotatable bonds is 5. The number of hydrogen-bond acceptors (Lipinski definition) is 3. The average molecular weight is 409 g/mol. The summed E-state index contributed by atoms with van der Waals surface area (Å²) in [6.07, 6.45) is 4.00. The molecular weight excluding hydrogens is 392 g/mol. The highest BCUT2D eigenvalue weighted by molar-refractivity contribution is 9.10. The van der Waals surface area contributed by atoms with Crippen LogP contribution in [0.25, 0.3) is 12.2 Å². The second-order valence-electron chi connectivity index (χ2n) is 5.52. The Kier molecular flexibility index (Phi) is 5.87. The third-order valence-corrected chi connectivity index (χ3v) is 4.44. The van der Waals surface area contributed by atoms with Crippen LogP contribution < -0.4 is 9.47 Å². The molecule has 0 heterocycles. The van der Waals surface area contributed by atoms with Crippen molar-refractivity contribution in [1.29, 1.82) is 0 Å². The highest BCUT2D eigenvalue weighted by Crippen LogP contribution is 2.30. The van der Waals surface area contributed by atoms with Crippen molar-refractivity contribution >= 4 is 34.1 Å². The largest absolute Gasteiger partial charge is 0.493 e. The summed E-state index contributed by atoms with van der Waals surface area (Å²) >= 11 is 3.36. The first-order valence-electron chi connectivity index (χ1n) is 8.05. The molecule has 3 rings (SSSR count). The summed E-state index contributed by atoms with van der Waals surface area (Å²) < 4.78 is 11.6. The van der Waals surface area contributed by atoms with Crippen LogP contribution in [0.4, 0.5) is 0 Å². The second kappa shape index (κ2) is 8.50. The Balaban J connectivity index is 1.80. The predicted octanol–water partition coefficient (Wildman–Crippen LogP) is 5.85. The minimum Gasteiger partial charge on any atom is -0.493 e. The van der Waals surface area contributed by atoms with Gasteiger partial charge in [-0.2, -0.15) is 0 Å². The molecule has 0 aliphatic carbocycles. The van der Waals surface area contributed by atoms with Gasteiger partial charge in [0.2, 0.25) is 0 Å². The molecule has 3 aromatic carbocycles. The van der Waals surface area contributed by atoms with E-state index in [1.807, 2.05) is 60.7 Å². The lowest BCUT2D eigenvalue weighted by molar-refractivity contribution is 0.0729. The normalized spacial score (nSPS) is 10.7. The maximum Gasteiger partial charge on any atom is 0.344 e.